The number of rotatable bonds is 4. The molecule has 27 heavy (non-hydrogen) atoms. The van der Waals surface area contributed by atoms with Gasteiger partial charge >= 0.3 is 6.09 Å². The van der Waals surface area contributed by atoms with E-state index in [0.29, 0.717) is 24.8 Å². The van der Waals surface area contributed by atoms with Crippen molar-refractivity contribution in [1.82, 2.24) is 24.8 Å². The lowest BCUT2D eigenvalue weighted by Crippen LogP contribution is -2.43. The van der Waals surface area contributed by atoms with Gasteiger partial charge in [-0.3, -0.25) is 4.68 Å². The fourth-order valence-electron chi connectivity index (χ4n) is 2.95. The number of hydrogen-bond donors (Lipinski definition) is 0. The SMILES string of the molecule is Cc1cc(-c2nc(COC3CCN(C(=O)OC(C)(C)C)CC3)no2)n(C)n1. The lowest BCUT2D eigenvalue weighted by Gasteiger charge is -2.33. The molecule has 1 amide bonds. The number of hydrogen-bond acceptors (Lipinski definition) is 7. The molecule has 0 bridgehead atoms. The second-order valence-electron chi connectivity index (χ2n) is 7.79. The molecule has 0 saturated carbocycles. The van der Waals surface area contributed by atoms with Crippen LogP contribution in [0.3, 0.4) is 0 Å². The van der Waals surface area contributed by atoms with Crippen molar-refractivity contribution in [2.75, 3.05) is 13.1 Å². The van der Waals surface area contributed by atoms with Gasteiger partial charge in [-0.1, -0.05) is 5.16 Å². The van der Waals surface area contributed by atoms with Gasteiger partial charge in [0.25, 0.3) is 5.89 Å². The van der Waals surface area contributed by atoms with E-state index in [4.69, 9.17) is 14.0 Å². The normalized spacial score (nSPS) is 16.0. The Hall–Kier alpha value is -2.42. The minimum absolute atomic E-state index is 0.0598. The van der Waals surface area contributed by atoms with Crippen molar-refractivity contribution >= 4 is 6.09 Å². The first-order chi connectivity index (χ1) is 12.7. The predicted molar refractivity (Wildman–Crippen MR) is 96.9 cm³/mol. The number of carbonyl (C=O) groups excluding carboxylic acids is 1. The molecule has 148 valence electrons. The van der Waals surface area contributed by atoms with Gasteiger partial charge in [0.2, 0.25) is 0 Å². The van der Waals surface area contributed by atoms with Crippen LogP contribution in [0.2, 0.25) is 0 Å². The Balaban J connectivity index is 1.47. The van der Waals surface area contributed by atoms with Gasteiger partial charge in [0.15, 0.2) is 5.82 Å². The molecule has 0 unspecified atom stereocenters. The number of amides is 1. The number of ether oxygens (including phenoxy) is 2. The quantitative estimate of drug-likeness (QED) is 0.808. The van der Waals surface area contributed by atoms with Crippen LogP contribution in [0.1, 0.15) is 45.1 Å². The van der Waals surface area contributed by atoms with Crippen molar-refractivity contribution in [1.29, 1.82) is 0 Å². The first kappa shape index (κ1) is 19.3. The summed E-state index contributed by atoms with van der Waals surface area (Å²) in [6, 6.07) is 1.89. The standard InChI is InChI=1S/C18H27N5O4/c1-12-10-14(22(5)20-12)16-19-15(21-27-16)11-25-13-6-8-23(9-7-13)17(24)26-18(2,3)4/h10,13H,6-9,11H2,1-5H3. The van der Waals surface area contributed by atoms with E-state index < -0.39 is 5.60 Å². The molecule has 0 aromatic carbocycles. The first-order valence-electron chi connectivity index (χ1n) is 9.14. The third-order valence-corrected chi connectivity index (χ3v) is 4.23. The summed E-state index contributed by atoms with van der Waals surface area (Å²) in [5, 5.41) is 8.25. The van der Waals surface area contributed by atoms with Gasteiger partial charge in [0.1, 0.15) is 17.9 Å². The largest absolute Gasteiger partial charge is 0.444 e. The number of aromatic nitrogens is 4. The highest BCUT2D eigenvalue weighted by Gasteiger charge is 2.27. The Labute approximate surface area is 158 Å². The van der Waals surface area contributed by atoms with E-state index in [1.165, 1.54) is 0 Å². The summed E-state index contributed by atoms with van der Waals surface area (Å²) < 4.78 is 18.3. The highest BCUT2D eigenvalue weighted by atomic mass is 16.6. The number of carbonyl (C=O) groups is 1. The fraction of sp³-hybridized carbons (Fsp3) is 0.667. The average Bonchev–Trinajstić information content (AvgIpc) is 3.17. The van der Waals surface area contributed by atoms with Crippen LogP contribution in [-0.2, 0) is 23.1 Å². The van der Waals surface area contributed by atoms with Crippen molar-refractivity contribution in [3.8, 4) is 11.6 Å². The van der Waals surface area contributed by atoms with Crippen molar-refractivity contribution in [2.45, 2.75) is 58.8 Å². The fourth-order valence-corrected chi connectivity index (χ4v) is 2.95. The molecule has 0 radical (unpaired) electrons. The molecule has 1 saturated heterocycles. The minimum atomic E-state index is -0.479. The predicted octanol–water partition coefficient (Wildman–Crippen LogP) is 2.69. The molecular formula is C18H27N5O4. The molecule has 1 aliphatic heterocycles. The summed E-state index contributed by atoms with van der Waals surface area (Å²) in [5.41, 5.74) is 1.19. The summed E-state index contributed by atoms with van der Waals surface area (Å²) in [6.07, 6.45) is 1.30. The van der Waals surface area contributed by atoms with Crippen molar-refractivity contribution in [3.05, 3.63) is 17.6 Å². The maximum absolute atomic E-state index is 12.1. The zero-order valence-electron chi connectivity index (χ0n) is 16.6. The molecule has 2 aromatic heterocycles. The molecule has 1 aliphatic rings. The number of likely N-dealkylation sites (tertiary alicyclic amines) is 1. The van der Waals surface area contributed by atoms with Crippen LogP contribution in [0.4, 0.5) is 4.79 Å². The molecular weight excluding hydrogens is 350 g/mol. The average molecular weight is 377 g/mol. The summed E-state index contributed by atoms with van der Waals surface area (Å²) in [7, 11) is 1.83. The molecule has 1 fully saturated rings. The smallest absolute Gasteiger partial charge is 0.410 e. The molecule has 3 heterocycles. The number of nitrogens with zero attached hydrogens (tertiary/aromatic N) is 5. The molecule has 0 atom stereocenters. The van der Waals surface area contributed by atoms with E-state index in [9.17, 15) is 4.79 Å². The summed E-state index contributed by atoms with van der Waals surface area (Å²) in [4.78, 5) is 18.2. The molecule has 3 rings (SSSR count). The molecule has 9 heteroatoms. The van der Waals surface area contributed by atoms with Gasteiger partial charge in [0, 0.05) is 20.1 Å². The monoisotopic (exact) mass is 377 g/mol. The van der Waals surface area contributed by atoms with Gasteiger partial charge in [-0.05, 0) is 46.6 Å². The van der Waals surface area contributed by atoms with Crippen LogP contribution in [0.25, 0.3) is 11.6 Å². The van der Waals surface area contributed by atoms with Gasteiger partial charge in [-0.25, -0.2) is 4.79 Å². The van der Waals surface area contributed by atoms with Gasteiger partial charge in [-0.15, -0.1) is 0 Å². The Bertz CT molecular complexity index is 784. The summed E-state index contributed by atoms with van der Waals surface area (Å²) in [6.45, 7) is 9.02. The molecule has 0 aliphatic carbocycles. The topological polar surface area (TPSA) is 95.5 Å². The Morgan fingerprint density at radius 3 is 2.63 bits per heavy atom. The third-order valence-electron chi connectivity index (χ3n) is 4.23. The summed E-state index contributed by atoms with van der Waals surface area (Å²) >= 11 is 0. The number of piperidine rings is 1. The van der Waals surface area contributed by atoms with E-state index in [1.54, 1.807) is 9.58 Å². The van der Waals surface area contributed by atoms with Crippen LogP contribution in [-0.4, -0.2) is 55.7 Å². The molecule has 9 nitrogen and oxygen atoms in total. The molecule has 0 spiro atoms. The minimum Gasteiger partial charge on any atom is -0.444 e. The van der Waals surface area contributed by atoms with Crippen molar-refractivity contribution < 1.29 is 18.8 Å². The van der Waals surface area contributed by atoms with Crippen LogP contribution in [0.15, 0.2) is 10.6 Å². The Kier molecular flexibility index (Phi) is 5.50. The second-order valence-corrected chi connectivity index (χ2v) is 7.79. The zero-order valence-corrected chi connectivity index (χ0v) is 16.6. The van der Waals surface area contributed by atoms with E-state index in [0.717, 1.165) is 24.2 Å². The highest BCUT2D eigenvalue weighted by Crippen LogP contribution is 2.20. The summed E-state index contributed by atoms with van der Waals surface area (Å²) in [5.74, 6) is 0.926. The maximum Gasteiger partial charge on any atom is 0.410 e. The van der Waals surface area contributed by atoms with Crippen LogP contribution in [0.5, 0.6) is 0 Å². The Morgan fingerprint density at radius 2 is 2.04 bits per heavy atom. The number of aryl methyl sites for hydroxylation is 2. The van der Waals surface area contributed by atoms with Crippen molar-refractivity contribution in [3.63, 3.8) is 0 Å². The van der Waals surface area contributed by atoms with Gasteiger partial charge in [-0.2, -0.15) is 10.1 Å². The van der Waals surface area contributed by atoms with Gasteiger partial charge < -0.3 is 18.9 Å². The second kappa shape index (κ2) is 7.67. The van der Waals surface area contributed by atoms with E-state index in [-0.39, 0.29) is 18.8 Å². The third kappa shape index (κ3) is 5.06. The Morgan fingerprint density at radius 1 is 1.33 bits per heavy atom. The van der Waals surface area contributed by atoms with Crippen LogP contribution in [0, 0.1) is 6.92 Å². The highest BCUT2D eigenvalue weighted by molar-refractivity contribution is 5.68. The van der Waals surface area contributed by atoms with Gasteiger partial charge in [0.05, 0.1) is 11.8 Å². The van der Waals surface area contributed by atoms with E-state index in [1.807, 2.05) is 40.8 Å². The first-order valence-corrected chi connectivity index (χ1v) is 9.14. The van der Waals surface area contributed by atoms with E-state index >= 15 is 0 Å². The lowest BCUT2D eigenvalue weighted by atomic mass is 10.1. The van der Waals surface area contributed by atoms with Crippen LogP contribution >= 0.6 is 0 Å². The van der Waals surface area contributed by atoms with E-state index in [2.05, 4.69) is 15.2 Å². The van der Waals surface area contributed by atoms with Crippen LogP contribution < -0.4 is 0 Å². The molecule has 0 N–H and O–H groups in total. The molecule has 2 aromatic rings. The van der Waals surface area contributed by atoms with Crippen molar-refractivity contribution in [2.24, 2.45) is 7.05 Å². The maximum atomic E-state index is 12.1. The lowest BCUT2D eigenvalue weighted by molar-refractivity contribution is -0.0190. The zero-order chi connectivity index (χ0) is 19.6.